The Kier molecular flexibility index (Phi) is 7.79. The van der Waals surface area contributed by atoms with Crippen LogP contribution in [-0.4, -0.2) is 63.3 Å². The molecule has 7 nitrogen and oxygen atoms in total. The second-order valence-electron chi connectivity index (χ2n) is 5.39. The lowest BCUT2D eigenvalue weighted by Gasteiger charge is -2.18. The number of nitrogens with zero attached hydrogens (tertiary/aromatic N) is 2. The van der Waals surface area contributed by atoms with Gasteiger partial charge in [-0.25, -0.2) is 13.2 Å². The lowest BCUT2D eigenvalue weighted by molar-refractivity contribution is -0.146. The van der Waals surface area contributed by atoms with Crippen LogP contribution < -0.4 is 0 Å². The minimum Gasteiger partial charge on any atom is -0.452 e. The molecule has 0 aliphatic carbocycles. The summed E-state index contributed by atoms with van der Waals surface area (Å²) in [5, 5.41) is 0. The Labute approximate surface area is 148 Å². The molecule has 0 N–H and O–H groups in total. The normalized spacial score (nSPS) is 11.7. The number of benzene rings is 1. The smallest absolute Gasteiger partial charge is 0.331 e. The molecule has 8 heteroatoms. The van der Waals surface area contributed by atoms with Gasteiger partial charge in [-0.1, -0.05) is 26.0 Å². The topological polar surface area (TPSA) is 84.0 Å². The van der Waals surface area contributed by atoms with Crippen molar-refractivity contribution in [2.45, 2.75) is 18.7 Å². The summed E-state index contributed by atoms with van der Waals surface area (Å²) < 4.78 is 30.9. The molecule has 0 saturated heterocycles. The van der Waals surface area contributed by atoms with E-state index in [-0.39, 0.29) is 17.4 Å². The van der Waals surface area contributed by atoms with Crippen molar-refractivity contribution in [3.05, 3.63) is 35.9 Å². The van der Waals surface area contributed by atoms with Crippen molar-refractivity contribution in [1.29, 1.82) is 0 Å². The Balaban J connectivity index is 2.74. The molecule has 0 aliphatic heterocycles. The van der Waals surface area contributed by atoms with Gasteiger partial charge in [0.25, 0.3) is 5.91 Å². The van der Waals surface area contributed by atoms with Gasteiger partial charge in [-0.3, -0.25) is 4.79 Å². The fourth-order valence-corrected chi connectivity index (χ4v) is 3.40. The fourth-order valence-electron chi connectivity index (χ4n) is 1.94. The molecule has 0 bridgehead atoms. The van der Waals surface area contributed by atoms with E-state index in [1.807, 2.05) is 0 Å². The van der Waals surface area contributed by atoms with Crippen molar-refractivity contribution in [3.63, 3.8) is 0 Å². The Morgan fingerprint density at radius 1 is 1.08 bits per heavy atom. The van der Waals surface area contributed by atoms with Gasteiger partial charge in [-0.15, -0.1) is 0 Å². The van der Waals surface area contributed by atoms with Crippen LogP contribution in [0.5, 0.6) is 0 Å². The van der Waals surface area contributed by atoms with Gasteiger partial charge in [-0.2, -0.15) is 4.31 Å². The van der Waals surface area contributed by atoms with Crippen molar-refractivity contribution in [3.8, 4) is 0 Å². The Morgan fingerprint density at radius 2 is 1.64 bits per heavy atom. The highest BCUT2D eigenvalue weighted by Gasteiger charge is 2.20. The van der Waals surface area contributed by atoms with Crippen LogP contribution >= 0.6 is 0 Å². The minimum absolute atomic E-state index is 0.201. The van der Waals surface area contributed by atoms with Crippen LogP contribution in [0, 0.1) is 0 Å². The fraction of sp³-hybridized carbons (Fsp3) is 0.412. The first kappa shape index (κ1) is 20.9. The number of carbonyl (C=O) groups excluding carboxylic acids is 2. The third kappa shape index (κ3) is 5.99. The molecule has 1 aromatic rings. The van der Waals surface area contributed by atoms with Crippen molar-refractivity contribution < 1.29 is 22.7 Å². The highest BCUT2D eigenvalue weighted by Crippen LogP contribution is 2.16. The van der Waals surface area contributed by atoms with Crippen molar-refractivity contribution in [1.82, 2.24) is 9.21 Å². The standard InChI is InChI=1S/C17H24N2O5S/c1-5-19(6-2)25(22,23)15-10-7-14(8-11-15)9-12-17(21)24-13-16(20)18(3)4/h7-12H,5-6,13H2,1-4H3/b12-9+. The van der Waals surface area contributed by atoms with E-state index < -0.39 is 16.0 Å². The van der Waals surface area contributed by atoms with Crippen molar-refractivity contribution in [2.75, 3.05) is 33.8 Å². The quantitative estimate of drug-likeness (QED) is 0.511. The van der Waals surface area contributed by atoms with Gasteiger partial charge in [0.05, 0.1) is 4.90 Å². The van der Waals surface area contributed by atoms with Crippen molar-refractivity contribution >= 4 is 28.0 Å². The summed E-state index contributed by atoms with van der Waals surface area (Å²) in [5.74, 6) is -0.956. The van der Waals surface area contributed by atoms with Gasteiger partial charge in [0.2, 0.25) is 10.0 Å². The van der Waals surface area contributed by atoms with Crippen LogP contribution in [0.25, 0.3) is 6.08 Å². The molecular weight excluding hydrogens is 344 g/mol. The Morgan fingerprint density at radius 3 is 2.12 bits per heavy atom. The second kappa shape index (κ2) is 9.33. The lowest BCUT2D eigenvalue weighted by Crippen LogP contribution is -2.30. The van der Waals surface area contributed by atoms with E-state index in [0.717, 1.165) is 0 Å². The van der Waals surface area contributed by atoms with Crippen LogP contribution in [-0.2, 0) is 24.3 Å². The molecule has 0 atom stereocenters. The van der Waals surface area contributed by atoms with Crippen molar-refractivity contribution in [2.24, 2.45) is 0 Å². The predicted octanol–water partition coefficient (Wildman–Crippen LogP) is 1.36. The van der Waals surface area contributed by atoms with Crippen LogP contribution in [0.4, 0.5) is 0 Å². The summed E-state index contributed by atoms with van der Waals surface area (Å²) in [7, 11) is -0.362. The van der Waals surface area contributed by atoms with E-state index in [9.17, 15) is 18.0 Å². The molecule has 138 valence electrons. The number of hydrogen-bond donors (Lipinski definition) is 0. The van der Waals surface area contributed by atoms with E-state index in [1.165, 1.54) is 33.5 Å². The number of sulfonamides is 1. The molecule has 0 spiro atoms. The molecule has 1 amide bonds. The molecule has 25 heavy (non-hydrogen) atoms. The number of carbonyl (C=O) groups is 2. The van der Waals surface area contributed by atoms with E-state index in [4.69, 9.17) is 4.74 Å². The zero-order chi connectivity index (χ0) is 19.0. The summed E-state index contributed by atoms with van der Waals surface area (Å²) in [4.78, 5) is 24.4. The van der Waals surface area contributed by atoms with E-state index >= 15 is 0 Å². The number of amides is 1. The zero-order valence-electron chi connectivity index (χ0n) is 14.9. The highest BCUT2D eigenvalue weighted by molar-refractivity contribution is 7.89. The maximum Gasteiger partial charge on any atom is 0.331 e. The Hall–Kier alpha value is -2.19. The molecule has 0 unspecified atom stereocenters. The Bertz CT molecular complexity index is 720. The van der Waals surface area contributed by atoms with Gasteiger partial charge in [0.15, 0.2) is 6.61 Å². The molecular formula is C17H24N2O5S. The van der Waals surface area contributed by atoms with Gasteiger partial charge in [0.1, 0.15) is 0 Å². The highest BCUT2D eigenvalue weighted by atomic mass is 32.2. The largest absolute Gasteiger partial charge is 0.452 e. The summed E-state index contributed by atoms with van der Waals surface area (Å²) in [5.41, 5.74) is 0.648. The first-order chi connectivity index (χ1) is 11.7. The third-order valence-electron chi connectivity index (χ3n) is 3.47. The SMILES string of the molecule is CCN(CC)S(=O)(=O)c1ccc(/C=C/C(=O)OCC(=O)N(C)C)cc1. The molecule has 0 saturated carbocycles. The van der Waals surface area contributed by atoms with E-state index in [2.05, 4.69) is 0 Å². The van der Waals surface area contributed by atoms with Crippen LogP contribution in [0.1, 0.15) is 19.4 Å². The van der Waals surface area contributed by atoms with Gasteiger partial charge in [0, 0.05) is 33.3 Å². The summed E-state index contributed by atoms with van der Waals surface area (Å²) >= 11 is 0. The number of esters is 1. The third-order valence-corrected chi connectivity index (χ3v) is 5.54. The first-order valence-electron chi connectivity index (χ1n) is 7.87. The monoisotopic (exact) mass is 368 g/mol. The van der Waals surface area contributed by atoms with Crippen LogP contribution in [0.15, 0.2) is 35.2 Å². The van der Waals surface area contributed by atoms with Gasteiger partial charge >= 0.3 is 5.97 Å². The first-order valence-corrected chi connectivity index (χ1v) is 9.31. The molecule has 1 aromatic carbocycles. The number of ether oxygens (including phenoxy) is 1. The summed E-state index contributed by atoms with van der Waals surface area (Å²) in [6, 6.07) is 6.19. The molecule has 0 aromatic heterocycles. The summed E-state index contributed by atoms with van der Waals surface area (Å²) in [6.07, 6.45) is 2.69. The molecule has 0 heterocycles. The number of hydrogen-bond acceptors (Lipinski definition) is 5. The zero-order valence-corrected chi connectivity index (χ0v) is 15.7. The number of likely N-dealkylation sites (N-methyl/N-ethyl adjacent to an activating group) is 1. The van der Waals surface area contributed by atoms with Gasteiger partial charge in [-0.05, 0) is 23.8 Å². The predicted molar refractivity (Wildman–Crippen MR) is 95.2 cm³/mol. The summed E-state index contributed by atoms with van der Waals surface area (Å²) in [6.45, 7) is 4.04. The second-order valence-corrected chi connectivity index (χ2v) is 7.33. The average molecular weight is 368 g/mol. The van der Waals surface area contributed by atoms with Gasteiger partial charge < -0.3 is 9.64 Å². The average Bonchev–Trinajstić information content (AvgIpc) is 2.58. The molecule has 0 fully saturated rings. The maximum absolute atomic E-state index is 12.4. The molecule has 0 aliphatic rings. The minimum atomic E-state index is -3.50. The molecule has 0 radical (unpaired) electrons. The maximum atomic E-state index is 12.4. The van der Waals surface area contributed by atoms with E-state index in [1.54, 1.807) is 40.1 Å². The van der Waals surface area contributed by atoms with E-state index in [0.29, 0.717) is 18.7 Å². The van der Waals surface area contributed by atoms with Crippen LogP contribution in [0.2, 0.25) is 0 Å². The molecule has 1 rings (SSSR count). The lowest BCUT2D eigenvalue weighted by atomic mass is 10.2. The number of rotatable bonds is 8. The van der Waals surface area contributed by atoms with Crippen LogP contribution in [0.3, 0.4) is 0 Å².